The van der Waals surface area contributed by atoms with Crippen LogP contribution in [-0.2, 0) is 114 Å². The Kier molecular flexibility index (Phi) is 44.9. The molecule has 133 heavy (non-hydrogen) atoms. The number of amides is 17. The van der Waals surface area contributed by atoms with Crippen LogP contribution in [0.25, 0.3) is 21.8 Å². The number of fused-ring (bicyclic) bond motifs is 2. The summed E-state index contributed by atoms with van der Waals surface area (Å²) in [5.41, 5.74) is 24.8. The topological polar surface area (TPSA) is 767 Å². The third-order valence-electron chi connectivity index (χ3n) is 21.7. The van der Waals surface area contributed by atoms with Crippen LogP contribution >= 0.6 is 25.3 Å². The van der Waals surface area contributed by atoms with E-state index in [-0.39, 0.29) is 70.4 Å². The van der Waals surface area contributed by atoms with Gasteiger partial charge in [0.05, 0.1) is 38.0 Å². The molecule has 2 aromatic carbocycles. The lowest BCUT2D eigenvalue weighted by molar-refractivity contribution is -0.145. The number of rotatable bonds is 58. The summed E-state index contributed by atoms with van der Waals surface area (Å²) in [6.07, 6.45) is -4.18. The van der Waals surface area contributed by atoms with Gasteiger partial charge >= 0.3 is 23.9 Å². The van der Waals surface area contributed by atoms with Gasteiger partial charge in [-0.1, -0.05) is 84.4 Å². The molecule has 0 radical (unpaired) electrons. The molecule has 2 aromatic heterocycles. The van der Waals surface area contributed by atoms with Gasteiger partial charge in [-0.15, -0.1) is 0 Å². The first kappa shape index (κ1) is 110. The highest BCUT2D eigenvalue weighted by atomic mass is 32.1. The lowest BCUT2D eigenvalue weighted by Gasteiger charge is -2.30. The Morgan fingerprint density at radius 2 is 0.910 bits per heavy atom. The zero-order valence-electron chi connectivity index (χ0n) is 74.6. The molecule has 17 atom stereocenters. The van der Waals surface area contributed by atoms with Gasteiger partial charge in [-0.3, -0.25) is 95.9 Å². The highest BCUT2D eigenvalue weighted by Crippen LogP contribution is 2.25. The van der Waals surface area contributed by atoms with Crippen molar-refractivity contribution >= 4 is 171 Å². The summed E-state index contributed by atoms with van der Waals surface area (Å²) >= 11 is 8.44. The first-order valence-electron chi connectivity index (χ1n) is 43.1. The van der Waals surface area contributed by atoms with Crippen molar-refractivity contribution in [1.29, 1.82) is 0 Å². The number of benzene rings is 2. The van der Waals surface area contributed by atoms with Crippen LogP contribution < -0.4 is 97.4 Å². The quantitative estimate of drug-likeness (QED) is 0.0145. The number of hydrogen-bond donors (Lipinski definition) is 27. The number of aromatic amines is 2. The molecule has 17 amide bonds. The second-order valence-corrected chi connectivity index (χ2v) is 33.8. The number of primary amides is 2. The van der Waals surface area contributed by atoms with Crippen LogP contribution in [0.15, 0.2) is 60.9 Å². The summed E-state index contributed by atoms with van der Waals surface area (Å²) in [6, 6.07) is -11.3. The lowest BCUT2D eigenvalue weighted by atomic mass is 9.96. The number of aliphatic carboxylic acids is 4. The van der Waals surface area contributed by atoms with E-state index >= 15 is 0 Å². The van der Waals surface area contributed by atoms with Crippen molar-refractivity contribution in [1.82, 2.24) is 89.3 Å². The largest absolute Gasteiger partial charge is 0.481 e. The van der Waals surface area contributed by atoms with Crippen molar-refractivity contribution in [2.24, 2.45) is 40.7 Å². The van der Waals surface area contributed by atoms with Crippen molar-refractivity contribution in [3.63, 3.8) is 0 Å². The number of hydrogen-bond acceptors (Lipinski definition) is 26. The van der Waals surface area contributed by atoms with Gasteiger partial charge < -0.3 is 138 Å². The molecule has 29 N–H and O–H groups in total. The Balaban J connectivity index is 1.32. The molecule has 1 saturated heterocycles. The molecule has 0 spiro atoms. The maximum absolute atomic E-state index is 14.7. The van der Waals surface area contributed by atoms with Crippen LogP contribution in [0.5, 0.6) is 0 Å². The molecular formula is C84H123N21O26S2. The van der Waals surface area contributed by atoms with E-state index in [4.69, 9.17) is 22.9 Å². The number of aliphatic hydroxyl groups excluding tert-OH is 1. The Labute approximate surface area is 775 Å². The highest BCUT2D eigenvalue weighted by Gasteiger charge is 2.43. The molecule has 1 fully saturated rings. The van der Waals surface area contributed by atoms with Gasteiger partial charge in [0.25, 0.3) is 0 Å². The molecule has 49 heteroatoms. The van der Waals surface area contributed by atoms with Crippen LogP contribution in [0.3, 0.4) is 0 Å². The van der Waals surface area contributed by atoms with Crippen molar-refractivity contribution < 1.29 is 126 Å². The predicted octanol–water partition coefficient (Wildman–Crippen LogP) is -5.67. The van der Waals surface area contributed by atoms with Crippen LogP contribution in [0, 0.1) is 17.8 Å². The normalized spacial score (nSPS) is 16.0. The number of nitrogens with one attached hydrogen (secondary N) is 16. The summed E-state index contributed by atoms with van der Waals surface area (Å²) in [7, 11) is 0. The van der Waals surface area contributed by atoms with E-state index < -0.39 is 302 Å². The zero-order valence-corrected chi connectivity index (χ0v) is 76.3. The molecule has 0 unspecified atom stereocenters. The number of H-pyrrole nitrogens is 2. The smallest absolute Gasteiger partial charge is 0.326 e. The zero-order chi connectivity index (χ0) is 99.4. The Morgan fingerprint density at radius 1 is 0.466 bits per heavy atom. The van der Waals surface area contributed by atoms with Crippen LogP contribution in [-0.4, -0.2) is 293 Å². The molecule has 5 rings (SSSR count). The number of aliphatic hydroxyl groups is 1. The average Bonchev–Trinajstić information content (AvgIpc) is 1.73. The van der Waals surface area contributed by atoms with Gasteiger partial charge in [0.1, 0.15) is 84.6 Å². The number of aromatic nitrogens is 2. The fourth-order valence-electron chi connectivity index (χ4n) is 14.3. The van der Waals surface area contributed by atoms with E-state index in [0.29, 0.717) is 32.9 Å². The van der Waals surface area contributed by atoms with Crippen molar-refractivity contribution in [2.75, 3.05) is 31.1 Å². The average molecular weight is 1910 g/mol. The van der Waals surface area contributed by atoms with E-state index in [9.17, 15) is 126 Å². The second kappa shape index (κ2) is 54.1. The van der Waals surface area contributed by atoms with Crippen LogP contribution in [0.2, 0.25) is 0 Å². The Hall–Kier alpha value is -13.0. The van der Waals surface area contributed by atoms with E-state index in [1.54, 1.807) is 75.5 Å². The number of carbonyl (C=O) groups excluding carboxylic acids is 17. The summed E-state index contributed by atoms with van der Waals surface area (Å²) in [6.45, 7) is 9.64. The number of nitrogens with zero attached hydrogens (tertiary/aromatic N) is 1. The summed E-state index contributed by atoms with van der Waals surface area (Å²) < 4.78 is 0. The van der Waals surface area contributed by atoms with Crippen molar-refractivity contribution in [2.45, 2.75) is 248 Å². The molecule has 3 heterocycles. The minimum atomic E-state index is -2.06. The first-order valence-corrected chi connectivity index (χ1v) is 44.4. The summed E-state index contributed by atoms with van der Waals surface area (Å²) in [5, 5.41) is 84.9. The van der Waals surface area contributed by atoms with Crippen LogP contribution in [0.1, 0.15) is 149 Å². The Morgan fingerprint density at radius 3 is 1.40 bits per heavy atom. The SMILES string of the molecule is CC[C@H](C)[C@H](NC(=O)[C@H](CCC(=O)O)NC(=O)[C@H](CS)NC(=O)[C@@H](NC(=O)[C@H](Cc1c[nH]c2ccccc12)NC(=O)[C@@H](N)CC(=O)O)C(C)C)C(=O)N[C@@H](CC(=O)O)C(=O)N[C@@H](CCCCN)C(=O)NCC(=O)N[C@@H](CCC(N)=O)C(=O)N[C@@H](Cc1c[nH]c2ccccc12)C(=O)N[C@H](C(=O)N[C@@H](CS)C(=O)N[C@@H](CC(N)=O)C(=O)N1CCC[C@H]1C(=O)N[C@@H](CC(C)C)C(=O)O)[C@@H](C)O. The molecule has 0 aliphatic carbocycles. The molecule has 732 valence electrons. The fraction of sp³-hybridized carbons (Fsp3) is 0.560. The van der Waals surface area contributed by atoms with Crippen molar-refractivity contribution in [3.05, 3.63) is 72.1 Å². The predicted molar refractivity (Wildman–Crippen MR) is 482 cm³/mol. The number of likely N-dealkylation sites (tertiary alicyclic amines) is 1. The van der Waals surface area contributed by atoms with Gasteiger partial charge in [-0.05, 0) is 106 Å². The van der Waals surface area contributed by atoms with Crippen molar-refractivity contribution in [3.8, 4) is 0 Å². The number of nitrogens with two attached hydrogens (primary N) is 4. The van der Waals surface area contributed by atoms with Crippen LogP contribution in [0.4, 0.5) is 0 Å². The molecular weight excluding hydrogens is 1780 g/mol. The first-order chi connectivity index (χ1) is 62.7. The minimum Gasteiger partial charge on any atom is -0.481 e. The Bertz CT molecular complexity index is 4840. The number of para-hydroxylation sites is 2. The second-order valence-electron chi connectivity index (χ2n) is 33.1. The number of unbranched alkanes of at least 4 members (excludes halogenated alkanes) is 1. The third kappa shape index (κ3) is 35.2. The van der Waals surface area contributed by atoms with Gasteiger partial charge in [0, 0.05) is 77.9 Å². The number of carboxylic acid groups (broad SMARTS) is 4. The van der Waals surface area contributed by atoms with Gasteiger partial charge in [0.15, 0.2) is 0 Å². The number of carbonyl (C=O) groups is 21. The van der Waals surface area contributed by atoms with Gasteiger partial charge in [0.2, 0.25) is 100 Å². The number of carboxylic acids is 4. The maximum Gasteiger partial charge on any atom is 0.326 e. The minimum absolute atomic E-state index is 0.0537. The monoisotopic (exact) mass is 1910 g/mol. The van der Waals surface area contributed by atoms with Gasteiger partial charge in [-0.25, -0.2) is 4.79 Å². The molecule has 0 bridgehead atoms. The van der Waals surface area contributed by atoms with E-state index in [2.05, 4.69) is 110 Å². The molecule has 1 aliphatic rings. The third-order valence-corrected chi connectivity index (χ3v) is 22.5. The summed E-state index contributed by atoms with van der Waals surface area (Å²) in [4.78, 5) is 292. The van der Waals surface area contributed by atoms with E-state index in [0.717, 1.165) is 11.8 Å². The molecule has 4 aromatic rings. The molecule has 47 nitrogen and oxygen atoms in total. The summed E-state index contributed by atoms with van der Waals surface area (Å²) in [5.74, 6) is -27.3. The molecule has 1 aliphatic heterocycles. The molecule has 0 saturated carbocycles. The maximum atomic E-state index is 14.7. The number of thiol groups is 2. The highest BCUT2D eigenvalue weighted by molar-refractivity contribution is 7.80. The van der Waals surface area contributed by atoms with Gasteiger partial charge in [-0.2, -0.15) is 25.3 Å². The lowest BCUT2D eigenvalue weighted by Crippen LogP contribution is -2.62. The van der Waals surface area contributed by atoms with E-state index in [1.165, 1.54) is 27.0 Å². The standard InChI is InChI=1S/C84H123N21O26S2/c1-8-41(6)68(103-73(119)52(23-25-64(110)111)94-77(123)58(37-132)100-80(126)67(40(4)5)102-75(121)53(95-70(116)47(86)31-65(112)113)29-43-34-89-48-18-11-9-16-45(43)48)81(127)97-55(33-66(114)115)74(120)93-50(20-13-14-26-85)71(117)91-36-63(109)92-51(22-24-61(87)107)72(118)96-54(30-44-35-90-49-19-12-10-17-46(44)49)76(122)104-69(42(7)106)82(128)101-59(38-133)78(124)98-56(32-62(88)108)83(129)105-27-15-21-60(105)79(125)99-57(84(130)131)28-39(2)3/h9-12,16-19,34-35,39-42,47,50-60,67-69,89-90,106,132-133H,8,13-15,20-33,36-38,85-86H2,1-7H3,(H2,87,107)(H2,88,108)(H,91,117)(H,92,109)(H,93,120)(H,94,123)(H,95,116)(H,96,118)(H,97,127)(H,98,124)(H,99,125)(H,100,126)(H,101,128)(H,102,121)(H,103,119)(H,104,122)(H,110,111)(H,112,113)(H,114,115)(H,130,131)/t41-,42+,47-,50-,51-,52-,53-,54-,55-,56-,57-,58-,59-,60-,67-,68-,69-/m0/s1. The fourth-order valence-corrected chi connectivity index (χ4v) is 14.8. The van der Waals surface area contributed by atoms with E-state index in [1.807, 2.05) is 0 Å².